The van der Waals surface area contributed by atoms with Crippen molar-refractivity contribution in [2.75, 3.05) is 20.3 Å². The average molecular weight is 589 g/mol. The SMILES string of the molecule is CCOC(=O)C1=C(C)N=c2s/c(=C\c3ccc(OC(=O)c4ccco4)c(OCC)c3)c(=O)n2C1c1ccc(OC)cc1. The minimum atomic E-state index is -0.740. The first kappa shape index (κ1) is 28.6. The Morgan fingerprint density at radius 1 is 1.05 bits per heavy atom. The number of benzene rings is 2. The number of aromatic nitrogens is 1. The maximum atomic E-state index is 13.9. The second-order valence-corrected chi connectivity index (χ2v) is 10.1. The van der Waals surface area contributed by atoms with Gasteiger partial charge in [0.15, 0.2) is 16.3 Å². The first-order valence-electron chi connectivity index (χ1n) is 13.2. The number of thiazole rings is 1. The largest absolute Gasteiger partial charge is 0.497 e. The van der Waals surface area contributed by atoms with Gasteiger partial charge in [0.2, 0.25) is 5.76 Å². The number of methoxy groups -OCH3 is 1. The van der Waals surface area contributed by atoms with Crippen LogP contribution in [0.15, 0.2) is 86.3 Å². The van der Waals surface area contributed by atoms with Crippen molar-refractivity contribution in [2.45, 2.75) is 26.8 Å². The van der Waals surface area contributed by atoms with Crippen molar-refractivity contribution in [1.82, 2.24) is 4.57 Å². The van der Waals surface area contributed by atoms with Crippen molar-refractivity contribution in [2.24, 2.45) is 4.99 Å². The lowest BCUT2D eigenvalue weighted by atomic mass is 9.96. The van der Waals surface area contributed by atoms with Gasteiger partial charge in [0.25, 0.3) is 5.56 Å². The van der Waals surface area contributed by atoms with E-state index < -0.39 is 18.0 Å². The number of rotatable bonds is 9. The number of allylic oxidation sites excluding steroid dienone is 1. The number of furan rings is 1. The number of ether oxygens (including phenoxy) is 4. The molecule has 1 aliphatic rings. The minimum Gasteiger partial charge on any atom is -0.497 e. The van der Waals surface area contributed by atoms with E-state index >= 15 is 0 Å². The molecule has 11 heteroatoms. The molecular weight excluding hydrogens is 560 g/mol. The monoisotopic (exact) mass is 588 g/mol. The van der Waals surface area contributed by atoms with Crippen LogP contribution >= 0.6 is 11.3 Å². The van der Waals surface area contributed by atoms with Crippen LogP contribution in [0.4, 0.5) is 0 Å². The molecule has 4 aromatic rings. The number of nitrogens with zero attached hydrogens (tertiary/aromatic N) is 2. The smallest absolute Gasteiger partial charge is 0.379 e. The molecule has 1 aliphatic heterocycles. The van der Waals surface area contributed by atoms with Crippen LogP contribution in [0.2, 0.25) is 0 Å². The highest BCUT2D eigenvalue weighted by Crippen LogP contribution is 2.32. The first-order chi connectivity index (χ1) is 20.3. The summed E-state index contributed by atoms with van der Waals surface area (Å²) >= 11 is 1.20. The molecule has 42 heavy (non-hydrogen) atoms. The molecule has 0 bridgehead atoms. The van der Waals surface area contributed by atoms with Crippen molar-refractivity contribution in [1.29, 1.82) is 0 Å². The minimum absolute atomic E-state index is 0.0616. The highest BCUT2D eigenvalue weighted by Gasteiger charge is 2.33. The summed E-state index contributed by atoms with van der Waals surface area (Å²) in [6, 6.07) is 14.5. The van der Waals surface area contributed by atoms with Gasteiger partial charge in [-0.05, 0) is 74.4 Å². The van der Waals surface area contributed by atoms with Crippen molar-refractivity contribution < 1.29 is 33.0 Å². The van der Waals surface area contributed by atoms with Gasteiger partial charge in [0, 0.05) is 0 Å². The van der Waals surface area contributed by atoms with Gasteiger partial charge < -0.3 is 23.4 Å². The van der Waals surface area contributed by atoms with E-state index in [1.165, 1.54) is 28.2 Å². The van der Waals surface area contributed by atoms with Gasteiger partial charge in [-0.3, -0.25) is 9.36 Å². The Balaban J connectivity index is 1.58. The first-order valence-corrected chi connectivity index (χ1v) is 14.0. The van der Waals surface area contributed by atoms with Gasteiger partial charge in [0.05, 0.1) is 48.4 Å². The Morgan fingerprint density at radius 3 is 2.50 bits per heavy atom. The summed E-state index contributed by atoms with van der Waals surface area (Å²) < 4.78 is 28.9. The molecular formula is C31H28N2O8S. The molecule has 1 atom stereocenters. The third-order valence-electron chi connectivity index (χ3n) is 6.44. The highest BCUT2D eigenvalue weighted by molar-refractivity contribution is 7.07. The maximum absolute atomic E-state index is 13.9. The number of hydrogen-bond donors (Lipinski definition) is 0. The quantitative estimate of drug-likeness (QED) is 0.213. The van der Waals surface area contributed by atoms with Crippen LogP contribution in [0, 0.1) is 0 Å². The predicted octanol–water partition coefficient (Wildman–Crippen LogP) is 4.02. The van der Waals surface area contributed by atoms with Gasteiger partial charge in [-0.15, -0.1) is 0 Å². The van der Waals surface area contributed by atoms with E-state index in [-0.39, 0.29) is 23.7 Å². The molecule has 0 spiro atoms. The summed E-state index contributed by atoms with van der Waals surface area (Å²) in [7, 11) is 1.57. The number of hydrogen-bond acceptors (Lipinski definition) is 10. The molecule has 216 valence electrons. The summed E-state index contributed by atoms with van der Waals surface area (Å²) in [5.74, 6) is 0.0595. The van der Waals surface area contributed by atoms with Crippen molar-refractivity contribution in [3.63, 3.8) is 0 Å². The summed E-state index contributed by atoms with van der Waals surface area (Å²) in [5.41, 5.74) is 1.80. The lowest BCUT2D eigenvalue weighted by molar-refractivity contribution is -0.139. The fourth-order valence-electron chi connectivity index (χ4n) is 4.56. The van der Waals surface area contributed by atoms with Crippen molar-refractivity contribution >= 4 is 29.4 Å². The zero-order valence-corrected chi connectivity index (χ0v) is 24.2. The Bertz CT molecular complexity index is 1830. The zero-order valence-electron chi connectivity index (χ0n) is 23.4. The molecule has 1 unspecified atom stereocenters. The van der Waals surface area contributed by atoms with Crippen molar-refractivity contribution in [3.05, 3.63) is 109 Å². The van der Waals surface area contributed by atoms with E-state index in [0.717, 1.165) is 0 Å². The lowest BCUT2D eigenvalue weighted by Gasteiger charge is -2.24. The van der Waals surface area contributed by atoms with Crippen LogP contribution < -0.4 is 29.1 Å². The fourth-order valence-corrected chi connectivity index (χ4v) is 5.60. The number of fused-ring (bicyclic) bond motifs is 1. The second-order valence-electron chi connectivity index (χ2n) is 9.08. The molecule has 5 rings (SSSR count). The van der Waals surface area contributed by atoms with E-state index in [2.05, 4.69) is 4.99 Å². The van der Waals surface area contributed by atoms with E-state index in [1.807, 2.05) is 19.1 Å². The van der Waals surface area contributed by atoms with Gasteiger partial charge in [-0.2, -0.15) is 0 Å². The molecule has 0 aliphatic carbocycles. The Labute approximate surface area is 244 Å². The molecule has 0 saturated carbocycles. The van der Waals surface area contributed by atoms with Crippen LogP contribution in [0.5, 0.6) is 17.2 Å². The summed E-state index contributed by atoms with van der Waals surface area (Å²) in [6.45, 7) is 5.78. The predicted molar refractivity (Wildman–Crippen MR) is 155 cm³/mol. The zero-order chi connectivity index (χ0) is 29.8. The lowest BCUT2D eigenvalue weighted by Crippen LogP contribution is -2.39. The molecule has 0 radical (unpaired) electrons. The number of carbonyl (C=O) groups is 2. The summed E-state index contributed by atoms with van der Waals surface area (Å²) in [4.78, 5) is 44.4. The Morgan fingerprint density at radius 2 is 1.83 bits per heavy atom. The molecule has 2 aromatic heterocycles. The summed E-state index contributed by atoms with van der Waals surface area (Å²) in [5, 5.41) is 0. The van der Waals surface area contributed by atoms with Crippen molar-refractivity contribution in [3.8, 4) is 17.2 Å². The number of esters is 2. The van der Waals surface area contributed by atoms with Crippen LogP contribution in [0.3, 0.4) is 0 Å². The summed E-state index contributed by atoms with van der Waals surface area (Å²) in [6.07, 6.45) is 3.09. The average Bonchev–Trinajstić information content (AvgIpc) is 3.63. The molecule has 3 heterocycles. The molecule has 0 N–H and O–H groups in total. The van der Waals surface area contributed by atoms with Gasteiger partial charge in [0.1, 0.15) is 5.75 Å². The molecule has 10 nitrogen and oxygen atoms in total. The van der Waals surface area contributed by atoms with Gasteiger partial charge >= 0.3 is 11.9 Å². The third kappa shape index (κ3) is 5.64. The normalized spacial score (nSPS) is 14.7. The maximum Gasteiger partial charge on any atom is 0.379 e. The van der Waals surface area contributed by atoms with Crippen LogP contribution in [-0.4, -0.2) is 36.8 Å². The fraction of sp³-hybridized carbons (Fsp3) is 0.226. The van der Waals surface area contributed by atoms with Crippen LogP contribution in [0.25, 0.3) is 6.08 Å². The standard InChI is InChI=1S/C31H28N2O8S/c1-5-38-24-16-19(9-14-22(24)41-29(35)23-8-7-15-40-23)17-25-28(34)33-27(20-10-12-21(37-4)13-11-20)26(30(36)39-6-2)18(3)32-31(33)42-25/h7-17,27H,5-6H2,1-4H3/b25-17-. The topological polar surface area (TPSA) is 119 Å². The molecule has 0 amide bonds. The Hall–Kier alpha value is -4.90. The second kappa shape index (κ2) is 12.3. The van der Waals surface area contributed by atoms with E-state index in [9.17, 15) is 14.4 Å². The van der Waals surface area contributed by atoms with Crippen LogP contribution in [-0.2, 0) is 9.53 Å². The van der Waals surface area contributed by atoms with E-state index in [4.69, 9.17) is 23.4 Å². The van der Waals surface area contributed by atoms with Gasteiger partial charge in [-0.1, -0.05) is 29.5 Å². The van der Waals surface area contributed by atoms with E-state index in [0.29, 0.717) is 49.8 Å². The van der Waals surface area contributed by atoms with Crippen LogP contribution in [0.1, 0.15) is 48.5 Å². The third-order valence-corrected chi connectivity index (χ3v) is 7.42. The number of carbonyl (C=O) groups excluding carboxylic acids is 2. The molecule has 2 aromatic carbocycles. The van der Waals surface area contributed by atoms with E-state index in [1.54, 1.807) is 63.4 Å². The highest BCUT2D eigenvalue weighted by atomic mass is 32.1. The Kier molecular flexibility index (Phi) is 8.39. The molecule has 0 fully saturated rings. The van der Waals surface area contributed by atoms with Gasteiger partial charge in [-0.25, -0.2) is 14.6 Å². The molecule has 0 saturated heterocycles.